The molecule has 0 atom stereocenters. The second-order valence-electron chi connectivity index (χ2n) is 3.82. The van der Waals surface area contributed by atoms with E-state index in [1.54, 1.807) is 0 Å². The van der Waals surface area contributed by atoms with Crippen molar-refractivity contribution in [3.8, 4) is 5.75 Å². The van der Waals surface area contributed by atoms with Crippen LogP contribution in [0, 0.1) is 0 Å². The third kappa shape index (κ3) is 4.27. The predicted molar refractivity (Wildman–Crippen MR) is 75.3 cm³/mol. The maximum atomic E-state index is 12.1. The van der Waals surface area contributed by atoms with Gasteiger partial charge in [0, 0.05) is 11.8 Å². The lowest BCUT2D eigenvalue weighted by molar-refractivity contribution is -0.0497. The zero-order valence-electron chi connectivity index (χ0n) is 10.3. The SMILES string of the molecule is O=C(Nc1cccc(OC(F)F)c1)c1nc(Cl)ccc1Cl. The van der Waals surface area contributed by atoms with E-state index in [4.69, 9.17) is 23.2 Å². The molecule has 0 spiro atoms. The van der Waals surface area contributed by atoms with Gasteiger partial charge >= 0.3 is 6.61 Å². The van der Waals surface area contributed by atoms with Crippen molar-refractivity contribution in [1.29, 1.82) is 0 Å². The van der Waals surface area contributed by atoms with Gasteiger partial charge in [-0.1, -0.05) is 29.3 Å². The van der Waals surface area contributed by atoms with Gasteiger partial charge in [0.1, 0.15) is 16.6 Å². The summed E-state index contributed by atoms with van der Waals surface area (Å²) in [6.45, 7) is -2.94. The van der Waals surface area contributed by atoms with Crippen LogP contribution in [0.3, 0.4) is 0 Å². The first-order valence-corrected chi connectivity index (χ1v) is 6.39. The highest BCUT2D eigenvalue weighted by Crippen LogP contribution is 2.22. The number of pyridine rings is 1. The normalized spacial score (nSPS) is 10.5. The third-order valence-corrected chi connectivity index (χ3v) is 2.86. The van der Waals surface area contributed by atoms with Gasteiger partial charge in [-0.25, -0.2) is 4.98 Å². The van der Waals surface area contributed by atoms with Gasteiger partial charge in [-0.15, -0.1) is 0 Å². The second kappa shape index (κ2) is 6.69. The van der Waals surface area contributed by atoms with Gasteiger partial charge in [0.05, 0.1) is 5.02 Å². The Morgan fingerprint density at radius 2 is 2.00 bits per heavy atom. The van der Waals surface area contributed by atoms with Crippen LogP contribution in [-0.2, 0) is 0 Å². The fourth-order valence-corrected chi connectivity index (χ4v) is 1.86. The van der Waals surface area contributed by atoms with Crippen molar-refractivity contribution in [1.82, 2.24) is 4.98 Å². The summed E-state index contributed by atoms with van der Waals surface area (Å²) in [6, 6.07) is 8.43. The Labute approximate surface area is 128 Å². The molecule has 110 valence electrons. The first-order chi connectivity index (χ1) is 9.95. The largest absolute Gasteiger partial charge is 0.435 e. The van der Waals surface area contributed by atoms with Crippen molar-refractivity contribution in [3.05, 3.63) is 52.3 Å². The third-order valence-electron chi connectivity index (χ3n) is 2.34. The van der Waals surface area contributed by atoms with E-state index in [0.29, 0.717) is 0 Å². The molecule has 0 radical (unpaired) electrons. The van der Waals surface area contributed by atoms with E-state index in [1.807, 2.05) is 0 Å². The van der Waals surface area contributed by atoms with Gasteiger partial charge in [0.15, 0.2) is 0 Å². The number of nitrogens with zero attached hydrogens (tertiary/aromatic N) is 1. The molecule has 21 heavy (non-hydrogen) atoms. The van der Waals surface area contributed by atoms with Crippen molar-refractivity contribution in [2.45, 2.75) is 6.61 Å². The number of carbonyl (C=O) groups excluding carboxylic acids is 1. The molecular weight excluding hydrogens is 325 g/mol. The van der Waals surface area contributed by atoms with Gasteiger partial charge in [-0.2, -0.15) is 8.78 Å². The standard InChI is InChI=1S/C13H8Cl2F2N2O2/c14-9-4-5-10(15)19-11(9)12(20)18-7-2-1-3-8(6-7)21-13(16)17/h1-6,13H,(H,18,20). The lowest BCUT2D eigenvalue weighted by atomic mass is 10.2. The second-order valence-corrected chi connectivity index (χ2v) is 4.62. The van der Waals surface area contributed by atoms with Crippen LogP contribution in [-0.4, -0.2) is 17.5 Å². The molecule has 1 amide bonds. The number of halogens is 4. The summed E-state index contributed by atoms with van der Waals surface area (Å²) in [4.78, 5) is 15.8. The quantitative estimate of drug-likeness (QED) is 0.852. The Morgan fingerprint density at radius 1 is 1.24 bits per heavy atom. The topological polar surface area (TPSA) is 51.2 Å². The molecule has 8 heteroatoms. The Bertz CT molecular complexity index is 668. The van der Waals surface area contributed by atoms with Gasteiger partial charge in [0.25, 0.3) is 5.91 Å². The molecule has 0 saturated heterocycles. The molecule has 1 heterocycles. The van der Waals surface area contributed by atoms with Crippen LogP contribution in [0.1, 0.15) is 10.5 Å². The minimum Gasteiger partial charge on any atom is -0.435 e. The smallest absolute Gasteiger partial charge is 0.387 e. The van der Waals surface area contributed by atoms with Crippen molar-refractivity contribution >= 4 is 34.8 Å². The van der Waals surface area contributed by atoms with Crippen LogP contribution in [0.5, 0.6) is 5.75 Å². The average molecular weight is 333 g/mol. The summed E-state index contributed by atoms with van der Waals surface area (Å²) in [6.07, 6.45) is 0. The van der Waals surface area contributed by atoms with Crippen molar-refractivity contribution in [2.24, 2.45) is 0 Å². The lowest BCUT2D eigenvalue weighted by Gasteiger charge is -2.09. The highest BCUT2D eigenvalue weighted by molar-refractivity contribution is 6.35. The van der Waals surface area contributed by atoms with Crippen molar-refractivity contribution < 1.29 is 18.3 Å². The minimum absolute atomic E-state index is 0.0654. The number of rotatable bonds is 4. The fraction of sp³-hybridized carbons (Fsp3) is 0.0769. The van der Waals surface area contributed by atoms with E-state index in [0.717, 1.165) is 0 Å². The Morgan fingerprint density at radius 3 is 2.71 bits per heavy atom. The lowest BCUT2D eigenvalue weighted by Crippen LogP contribution is -2.14. The zero-order valence-corrected chi connectivity index (χ0v) is 11.8. The zero-order chi connectivity index (χ0) is 15.4. The number of hydrogen-bond acceptors (Lipinski definition) is 3. The van der Waals surface area contributed by atoms with E-state index in [2.05, 4.69) is 15.0 Å². The van der Waals surface area contributed by atoms with Crippen LogP contribution in [0.4, 0.5) is 14.5 Å². The molecular formula is C13H8Cl2F2N2O2. The highest BCUT2D eigenvalue weighted by Gasteiger charge is 2.14. The molecule has 0 unspecified atom stereocenters. The van der Waals surface area contributed by atoms with Crippen LogP contribution in [0.2, 0.25) is 10.2 Å². The Balaban J connectivity index is 2.17. The van der Waals surface area contributed by atoms with Crippen LogP contribution in [0.15, 0.2) is 36.4 Å². The van der Waals surface area contributed by atoms with Crippen LogP contribution < -0.4 is 10.1 Å². The number of anilines is 1. The predicted octanol–water partition coefficient (Wildman–Crippen LogP) is 4.24. The van der Waals surface area contributed by atoms with Crippen molar-refractivity contribution in [3.63, 3.8) is 0 Å². The molecule has 4 nitrogen and oxygen atoms in total. The molecule has 1 aromatic carbocycles. The van der Waals surface area contributed by atoms with Gasteiger partial charge < -0.3 is 10.1 Å². The van der Waals surface area contributed by atoms with E-state index in [9.17, 15) is 13.6 Å². The molecule has 0 saturated carbocycles. The van der Waals surface area contributed by atoms with E-state index in [-0.39, 0.29) is 27.3 Å². The fourth-order valence-electron chi connectivity index (χ4n) is 1.52. The molecule has 0 aliphatic heterocycles. The summed E-state index contributed by atoms with van der Waals surface area (Å²) in [5, 5.41) is 2.70. The molecule has 0 fully saturated rings. The average Bonchev–Trinajstić information content (AvgIpc) is 2.41. The van der Waals surface area contributed by atoms with Crippen LogP contribution >= 0.6 is 23.2 Å². The summed E-state index contributed by atoms with van der Waals surface area (Å²) in [5.74, 6) is -0.690. The maximum absolute atomic E-state index is 12.1. The first-order valence-electron chi connectivity index (χ1n) is 5.64. The van der Waals surface area contributed by atoms with Gasteiger partial charge in [-0.05, 0) is 24.3 Å². The molecule has 2 rings (SSSR count). The number of hydrogen-bond donors (Lipinski definition) is 1. The molecule has 0 bridgehead atoms. The number of alkyl halides is 2. The number of carbonyl (C=O) groups is 1. The van der Waals surface area contributed by atoms with Crippen LogP contribution in [0.25, 0.3) is 0 Å². The van der Waals surface area contributed by atoms with E-state index < -0.39 is 12.5 Å². The Hall–Kier alpha value is -1.92. The number of benzene rings is 1. The van der Waals surface area contributed by atoms with Crippen molar-refractivity contribution in [2.75, 3.05) is 5.32 Å². The summed E-state index contributed by atoms with van der Waals surface area (Å²) >= 11 is 11.5. The summed E-state index contributed by atoms with van der Waals surface area (Å²) in [5.41, 5.74) is 0.195. The maximum Gasteiger partial charge on any atom is 0.387 e. The van der Waals surface area contributed by atoms with E-state index in [1.165, 1.54) is 36.4 Å². The van der Waals surface area contributed by atoms with Gasteiger partial charge in [0.2, 0.25) is 0 Å². The minimum atomic E-state index is -2.94. The molecule has 1 N–H and O–H groups in total. The summed E-state index contributed by atoms with van der Waals surface area (Å²) in [7, 11) is 0. The number of nitrogens with one attached hydrogen (secondary N) is 1. The molecule has 1 aromatic heterocycles. The molecule has 0 aliphatic rings. The number of amides is 1. The number of aromatic nitrogens is 1. The Kier molecular flexibility index (Phi) is 4.93. The van der Waals surface area contributed by atoms with E-state index >= 15 is 0 Å². The summed E-state index contributed by atoms with van der Waals surface area (Å²) < 4.78 is 28.5. The highest BCUT2D eigenvalue weighted by atomic mass is 35.5. The monoisotopic (exact) mass is 332 g/mol. The van der Waals surface area contributed by atoms with Gasteiger partial charge in [-0.3, -0.25) is 4.79 Å². The first kappa shape index (κ1) is 15.5. The molecule has 0 aliphatic carbocycles. The number of ether oxygens (including phenoxy) is 1. The molecule has 2 aromatic rings.